The van der Waals surface area contributed by atoms with Crippen molar-refractivity contribution in [1.29, 1.82) is 5.26 Å². The molecule has 10 nitrogen and oxygen atoms in total. The van der Waals surface area contributed by atoms with Gasteiger partial charge < -0.3 is 20.0 Å². The molecule has 2 aromatic rings. The van der Waals surface area contributed by atoms with Gasteiger partial charge in [-0.2, -0.15) is 5.26 Å². The molecule has 1 aromatic heterocycles. The van der Waals surface area contributed by atoms with Gasteiger partial charge in [-0.15, -0.1) is 0 Å². The summed E-state index contributed by atoms with van der Waals surface area (Å²) in [4.78, 5) is 36.4. The van der Waals surface area contributed by atoms with Crippen molar-refractivity contribution < 1.29 is 24.2 Å². The maximum absolute atomic E-state index is 13.1. The summed E-state index contributed by atoms with van der Waals surface area (Å²) in [6.45, 7) is 10.7. The Morgan fingerprint density at radius 3 is 2.46 bits per heavy atom. The van der Waals surface area contributed by atoms with Gasteiger partial charge in [0.2, 0.25) is 5.88 Å². The molecule has 198 valence electrons. The Kier molecular flexibility index (Phi) is 10.8. The minimum atomic E-state index is -0.539. The molecule has 0 fully saturated rings. The van der Waals surface area contributed by atoms with E-state index in [1.165, 1.54) is 6.92 Å². The molecule has 1 unspecified atom stereocenters. The van der Waals surface area contributed by atoms with E-state index in [9.17, 15) is 24.8 Å². The van der Waals surface area contributed by atoms with Crippen molar-refractivity contribution in [2.75, 3.05) is 24.1 Å². The van der Waals surface area contributed by atoms with Crippen molar-refractivity contribution in [3.63, 3.8) is 0 Å². The molecule has 1 atom stereocenters. The molecule has 2 rings (SSSR count). The third-order valence-electron chi connectivity index (χ3n) is 5.84. The number of ether oxygens (including phenoxy) is 2. The molecule has 0 aliphatic carbocycles. The molecule has 10 heteroatoms. The molecule has 0 bridgehead atoms. The van der Waals surface area contributed by atoms with Gasteiger partial charge in [0, 0.05) is 24.1 Å². The van der Waals surface area contributed by atoms with Crippen molar-refractivity contribution >= 4 is 23.3 Å². The van der Waals surface area contributed by atoms with Crippen LogP contribution in [-0.4, -0.2) is 34.8 Å². The van der Waals surface area contributed by atoms with Crippen molar-refractivity contribution in [1.82, 2.24) is 4.57 Å². The predicted molar refractivity (Wildman–Crippen MR) is 140 cm³/mol. The van der Waals surface area contributed by atoms with Gasteiger partial charge in [-0.05, 0) is 44.4 Å². The fourth-order valence-corrected chi connectivity index (χ4v) is 3.29. The second kappa shape index (κ2) is 13.7. The molecular weight excluding hydrogens is 476 g/mol. The minimum Gasteiger partial charge on any atom is -0.493 e. The lowest BCUT2D eigenvalue weighted by Crippen LogP contribution is -2.28. The molecule has 3 N–H and O–H groups in total. The highest BCUT2D eigenvalue weighted by Gasteiger charge is 2.19. The van der Waals surface area contributed by atoms with E-state index in [0.717, 1.165) is 16.6 Å². The summed E-state index contributed by atoms with van der Waals surface area (Å²) in [5, 5.41) is 20.0. The number of carbonyl (C=O) groups excluding carboxylic acids is 2. The second-order valence-corrected chi connectivity index (χ2v) is 8.71. The van der Waals surface area contributed by atoms with Crippen LogP contribution in [0.25, 0.3) is 0 Å². The Hall–Kier alpha value is -4.26. The van der Waals surface area contributed by atoms with Crippen LogP contribution >= 0.6 is 0 Å². The first-order chi connectivity index (χ1) is 17.6. The van der Waals surface area contributed by atoms with Crippen LogP contribution in [0.3, 0.4) is 0 Å². The number of aromatic hydroxyl groups is 1. The van der Waals surface area contributed by atoms with Crippen molar-refractivity contribution in [2.24, 2.45) is 5.92 Å². The summed E-state index contributed by atoms with van der Waals surface area (Å²) in [5.74, 6) is -1.31. The Labute approximate surface area is 216 Å². The zero-order valence-electron chi connectivity index (χ0n) is 21.7. The standard InChI is InChI=1S/C27H34N4O6/c1-6-18(4)27(35)37-15-12-20-8-10-21(11-9-20)29-30-23-19(5)22(16-28)24(32)31(25(23)33)13-7-14-36-26(34)17(2)3/h8-11,18,29-30,32H,2,6-7,12-15H2,1,3-5H3. The number of hydrogen-bond donors (Lipinski definition) is 3. The monoisotopic (exact) mass is 510 g/mol. The largest absolute Gasteiger partial charge is 0.493 e. The number of carbonyl (C=O) groups is 2. The molecule has 0 saturated heterocycles. The summed E-state index contributed by atoms with van der Waals surface area (Å²) in [6.07, 6.45) is 1.56. The number of esters is 2. The van der Waals surface area contributed by atoms with E-state index in [2.05, 4.69) is 17.4 Å². The molecule has 0 aliphatic heterocycles. The van der Waals surface area contributed by atoms with E-state index in [1.807, 2.05) is 32.0 Å². The quantitative estimate of drug-likeness (QED) is 0.159. The maximum atomic E-state index is 13.1. The van der Waals surface area contributed by atoms with E-state index in [-0.39, 0.29) is 48.3 Å². The second-order valence-electron chi connectivity index (χ2n) is 8.71. The first-order valence-electron chi connectivity index (χ1n) is 12.1. The SMILES string of the molecule is C=C(C)C(=O)OCCCn1c(O)c(C#N)c(C)c(NNc2ccc(CCOC(=O)C(C)CC)cc2)c1=O. The number of anilines is 2. The number of hydrogen-bond acceptors (Lipinski definition) is 9. The lowest BCUT2D eigenvalue weighted by Gasteiger charge is -2.17. The molecule has 37 heavy (non-hydrogen) atoms. The average Bonchev–Trinajstić information content (AvgIpc) is 2.88. The normalized spacial score (nSPS) is 11.2. The first-order valence-corrected chi connectivity index (χ1v) is 12.1. The molecule has 0 saturated carbocycles. The maximum Gasteiger partial charge on any atom is 0.333 e. The van der Waals surface area contributed by atoms with Crippen LogP contribution in [0.4, 0.5) is 11.4 Å². The minimum absolute atomic E-state index is 0.0253. The Bertz CT molecular complexity index is 1230. The van der Waals surface area contributed by atoms with E-state index >= 15 is 0 Å². The number of aromatic nitrogens is 1. The fraction of sp³-hybridized carbons (Fsp3) is 0.407. The van der Waals surface area contributed by atoms with Crippen LogP contribution in [0, 0.1) is 24.2 Å². The molecular formula is C27H34N4O6. The van der Waals surface area contributed by atoms with Gasteiger partial charge in [-0.3, -0.25) is 19.6 Å². The number of nitrogens with one attached hydrogen (secondary N) is 2. The van der Waals surface area contributed by atoms with Gasteiger partial charge in [0.05, 0.1) is 24.8 Å². The summed E-state index contributed by atoms with van der Waals surface area (Å²) < 4.78 is 11.4. The highest BCUT2D eigenvalue weighted by Crippen LogP contribution is 2.24. The van der Waals surface area contributed by atoms with Gasteiger partial charge in [-0.1, -0.05) is 32.6 Å². The summed E-state index contributed by atoms with van der Waals surface area (Å²) >= 11 is 0. The van der Waals surface area contributed by atoms with Crippen molar-refractivity contribution in [3.8, 4) is 11.9 Å². The summed E-state index contributed by atoms with van der Waals surface area (Å²) in [6, 6.07) is 9.27. The molecule has 0 spiro atoms. The Morgan fingerprint density at radius 2 is 1.86 bits per heavy atom. The van der Waals surface area contributed by atoms with E-state index < -0.39 is 17.4 Å². The number of rotatable bonds is 13. The van der Waals surface area contributed by atoms with Crippen LogP contribution < -0.4 is 16.4 Å². The highest BCUT2D eigenvalue weighted by atomic mass is 16.5. The Morgan fingerprint density at radius 1 is 1.19 bits per heavy atom. The van der Waals surface area contributed by atoms with E-state index in [1.54, 1.807) is 19.1 Å². The Balaban J connectivity index is 2.06. The van der Waals surface area contributed by atoms with Gasteiger partial charge in [-0.25, -0.2) is 4.79 Å². The number of hydrazine groups is 1. The van der Waals surface area contributed by atoms with Gasteiger partial charge in [0.1, 0.15) is 17.3 Å². The topological polar surface area (TPSA) is 143 Å². The van der Waals surface area contributed by atoms with Crippen molar-refractivity contribution in [2.45, 2.75) is 53.5 Å². The average molecular weight is 511 g/mol. The lowest BCUT2D eigenvalue weighted by atomic mass is 10.1. The molecule has 1 aromatic carbocycles. The van der Waals surface area contributed by atoms with E-state index in [4.69, 9.17) is 9.47 Å². The predicted octanol–water partition coefficient (Wildman–Crippen LogP) is 3.81. The lowest BCUT2D eigenvalue weighted by molar-refractivity contribution is -0.148. The highest BCUT2D eigenvalue weighted by molar-refractivity contribution is 5.86. The van der Waals surface area contributed by atoms with Crippen LogP contribution in [0.1, 0.15) is 50.3 Å². The third-order valence-corrected chi connectivity index (χ3v) is 5.84. The zero-order valence-corrected chi connectivity index (χ0v) is 21.7. The summed E-state index contributed by atoms with van der Waals surface area (Å²) in [7, 11) is 0. The van der Waals surface area contributed by atoms with Crippen molar-refractivity contribution in [3.05, 3.63) is 63.5 Å². The van der Waals surface area contributed by atoms with Gasteiger partial charge in [0.25, 0.3) is 5.56 Å². The zero-order chi connectivity index (χ0) is 27.5. The fourth-order valence-electron chi connectivity index (χ4n) is 3.29. The smallest absolute Gasteiger partial charge is 0.333 e. The molecule has 1 heterocycles. The van der Waals surface area contributed by atoms with E-state index in [0.29, 0.717) is 24.3 Å². The van der Waals surface area contributed by atoms with Gasteiger partial charge >= 0.3 is 11.9 Å². The number of nitriles is 1. The van der Waals surface area contributed by atoms with Crippen LogP contribution in [0.15, 0.2) is 41.2 Å². The number of nitrogens with zero attached hydrogens (tertiary/aromatic N) is 2. The number of pyridine rings is 1. The molecule has 0 aliphatic rings. The number of benzene rings is 1. The van der Waals surface area contributed by atoms with Gasteiger partial charge in [0.15, 0.2) is 0 Å². The summed E-state index contributed by atoms with van der Waals surface area (Å²) in [5.41, 5.74) is 7.51. The van der Waals surface area contributed by atoms with Crippen LogP contribution in [0.2, 0.25) is 0 Å². The first kappa shape index (κ1) is 29.0. The van der Waals surface area contributed by atoms with Crippen LogP contribution in [-0.2, 0) is 32.0 Å². The molecule has 0 radical (unpaired) electrons. The van der Waals surface area contributed by atoms with Crippen LogP contribution in [0.5, 0.6) is 5.88 Å². The third kappa shape index (κ3) is 7.87. The molecule has 0 amide bonds.